The molecular formula is C5H4O7. The molecule has 0 heterocycles. The fourth-order valence-electron chi connectivity index (χ4n) is 0.255. The second kappa shape index (κ2) is 4.06. The molecule has 0 rings (SSSR count). The normalized spacial score (nSPS) is 8.67. The molecule has 0 aliphatic carbocycles. The molecule has 0 saturated carbocycles. The van der Waals surface area contributed by atoms with Crippen molar-refractivity contribution < 1.29 is 34.1 Å². The fourth-order valence-corrected chi connectivity index (χ4v) is 0.255. The number of ketones is 1. The first-order chi connectivity index (χ1) is 5.45. The number of aliphatic carboxylic acids is 2. The summed E-state index contributed by atoms with van der Waals surface area (Å²) in [4.78, 5) is 39.8. The van der Waals surface area contributed by atoms with Crippen LogP contribution in [0.4, 0.5) is 0 Å². The molecule has 7 heteroatoms. The Hall–Kier alpha value is -1.92. The van der Waals surface area contributed by atoms with Gasteiger partial charge in [-0.3, -0.25) is 4.79 Å². The van der Waals surface area contributed by atoms with Crippen LogP contribution in [0, 0.1) is 0 Å². The average molecular weight is 176 g/mol. The molecule has 0 radical (unpaired) electrons. The zero-order chi connectivity index (χ0) is 9.72. The third kappa shape index (κ3) is 3.30. The zero-order valence-electron chi connectivity index (χ0n) is 5.64. The lowest BCUT2D eigenvalue weighted by atomic mass is 10.4. The number of Topliss-reactive ketones (excluding diaryl/α,β-unsaturated/α-hetero) is 1. The monoisotopic (exact) mass is 176 g/mol. The number of carboxylic acids is 2. The fraction of sp³-hybridized carbons (Fsp3) is 0.200. The van der Waals surface area contributed by atoms with Crippen LogP contribution in [0.1, 0.15) is 0 Å². The van der Waals surface area contributed by atoms with E-state index >= 15 is 0 Å². The highest BCUT2D eigenvalue weighted by Gasteiger charge is 2.18. The van der Waals surface area contributed by atoms with E-state index in [1.807, 2.05) is 0 Å². The third-order valence-electron chi connectivity index (χ3n) is 0.748. The zero-order valence-corrected chi connectivity index (χ0v) is 5.64. The summed E-state index contributed by atoms with van der Waals surface area (Å²) in [5, 5.41) is 15.8. The summed E-state index contributed by atoms with van der Waals surface area (Å²) >= 11 is 0. The Morgan fingerprint density at radius 1 is 1.00 bits per heavy atom. The highest BCUT2D eigenvalue weighted by atomic mass is 16.6. The van der Waals surface area contributed by atoms with Gasteiger partial charge in [0, 0.05) is 0 Å². The van der Waals surface area contributed by atoms with Gasteiger partial charge in [0.05, 0.1) is 0 Å². The van der Waals surface area contributed by atoms with E-state index in [2.05, 4.69) is 4.74 Å². The van der Waals surface area contributed by atoms with Crippen LogP contribution in [0.25, 0.3) is 0 Å². The Morgan fingerprint density at radius 2 is 1.50 bits per heavy atom. The van der Waals surface area contributed by atoms with Crippen molar-refractivity contribution in [2.45, 2.75) is 0 Å². The Balaban J connectivity index is 3.85. The van der Waals surface area contributed by atoms with Gasteiger partial charge >= 0.3 is 17.9 Å². The molecule has 0 atom stereocenters. The Kier molecular flexibility index (Phi) is 3.41. The molecule has 0 fully saturated rings. The largest absolute Gasteiger partial charge is 0.475 e. The lowest BCUT2D eigenvalue weighted by Crippen LogP contribution is -2.24. The van der Waals surface area contributed by atoms with Crippen molar-refractivity contribution in [1.29, 1.82) is 0 Å². The number of ether oxygens (including phenoxy) is 1. The summed E-state index contributed by atoms with van der Waals surface area (Å²) in [5.74, 6) is -6.71. The van der Waals surface area contributed by atoms with Gasteiger partial charge in [-0.1, -0.05) is 0 Å². The number of carbonyl (C=O) groups excluding carboxylic acids is 2. The van der Waals surface area contributed by atoms with E-state index in [9.17, 15) is 19.2 Å². The van der Waals surface area contributed by atoms with Crippen LogP contribution in [0.2, 0.25) is 0 Å². The number of rotatable bonds is 3. The van der Waals surface area contributed by atoms with Gasteiger partial charge in [0.15, 0.2) is 6.61 Å². The Bertz CT molecular complexity index is 214. The van der Waals surface area contributed by atoms with Gasteiger partial charge in [-0.15, -0.1) is 0 Å². The van der Waals surface area contributed by atoms with Crippen molar-refractivity contribution in [2.24, 2.45) is 0 Å². The molecule has 0 unspecified atom stereocenters. The minimum absolute atomic E-state index is 1.07. The van der Waals surface area contributed by atoms with E-state index in [0.717, 1.165) is 0 Å². The quantitative estimate of drug-likeness (QED) is 0.387. The second-order valence-corrected chi connectivity index (χ2v) is 1.61. The molecule has 7 nitrogen and oxygen atoms in total. The number of carboxylic acid groups (broad SMARTS) is 2. The van der Waals surface area contributed by atoms with E-state index in [4.69, 9.17) is 10.2 Å². The van der Waals surface area contributed by atoms with Gasteiger partial charge in [0.25, 0.3) is 5.78 Å². The van der Waals surface area contributed by atoms with Crippen LogP contribution in [0.15, 0.2) is 0 Å². The van der Waals surface area contributed by atoms with Gasteiger partial charge in [-0.25, -0.2) is 14.4 Å². The molecule has 0 saturated heterocycles. The summed E-state index contributed by atoms with van der Waals surface area (Å²) in [7, 11) is 0. The van der Waals surface area contributed by atoms with Crippen molar-refractivity contribution in [3.8, 4) is 0 Å². The molecule has 2 N–H and O–H groups in total. The summed E-state index contributed by atoms with van der Waals surface area (Å²) in [6.45, 7) is -1.07. The number of esters is 1. The van der Waals surface area contributed by atoms with Crippen LogP contribution in [-0.4, -0.2) is 40.5 Å². The van der Waals surface area contributed by atoms with Crippen molar-refractivity contribution in [3.63, 3.8) is 0 Å². The molecule has 66 valence electrons. The van der Waals surface area contributed by atoms with Crippen LogP contribution in [0.5, 0.6) is 0 Å². The maximum absolute atomic E-state index is 10.2. The minimum Gasteiger partial charge on any atom is -0.475 e. The predicted octanol–water partition coefficient (Wildman–Crippen LogP) is -1.73. The number of carbonyl (C=O) groups is 4. The van der Waals surface area contributed by atoms with Gasteiger partial charge in [0.2, 0.25) is 0 Å². The van der Waals surface area contributed by atoms with Crippen LogP contribution in [-0.2, 0) is 23.9 Å². The second-order valence-electron chi connectivity index (χ2n) is 1.61. The molecule has 0 aliphatic heterocycles. The molecule has 12 heavy (non-hydrogen) atoms. The number of hydrogen-bond donors (Lipinski definition) is 2. The average Bonchev–Trinajstić information content (AvgIpc) is 1.98. The first kappa shape index (κ1) is 10.1. The highest BCUT2D eigenvalue weighted by molar-refractivity contribution is 6.34. The summed E-state index contributed by atoms with van der Waals surface area (Å²) in [6, 6.07) is 0. The molecule has 0 bridgehead atoms. The van der Waals surface area contributed by atoms with Crippen molar-refractivity contribution in [2.75, 3.05) is 6.61 Å². The molecule has 0 aromatic carbocycles. The maximum Gasteiger partial charge on any atom is 0.417 e. The van der Waals surface area contributed by atoms with Gasteiger partial charge in [-0.05, 0) is 0 Å². The molecule has 0 aliphatic rings. The smallest absolute Gasteiger partial charge is 0.417 e. The van der Waals surface area contributed by atoms with Gasteiger partial charge < -0.3 is 14.9 Å². The predicted molar refractivity (Wildman–Crippen MR) is 31.2 cm³/mol. The van der Waals surface area contributed by atoms with Crippen molar-refractivity contribution in [3.05, 3.63) is 0 Å². The first-order valence-electron chi connectivity index (χ1n) is 2.61. The molecular weight excluding hydrogens is 172 g/mol. The van der Waals surface area contributed by atoms with E-state index in [1.54, 1.807) is 0 Å². The van der Waals surface area contributed by atoms with Crippen LogP contribution in [0.3, 0.4) is 0 Å². The van der Waals surface area contributed by atoms with Crippen molar-refractivity contribution >= 4 is 23.7 Å². The molecule has 0 aromatic rings. The summed E-state index contributed by atoms with van der Waals surface area (Å²) in [5.41, 5.74) is 0. The molecule has 0 aromatic heterocycles. The molecule has 0 spiro atoms. The van der Waals surface area contributed by atoms with Crippen molar-refractivity contribution in [1.82, 2.24) is 0 Å². The SMILES string of the molecule is O=C(O)C(=O)COC(=O)C(=O)O. The Labute approximate surface area is 65.5 Å². The third-order valence-corrected chi connectivity index (χ3v) is 0.748. The van der Waals surface area contributed by atoms with Crippen LogP contribution < -0.4 is 0 Å². The standard InChI is InChI=1S/C5H4O7/c6-2(3(7)8)1-12-5(11)4(9)10/h1H2,(H,7,8)(H,9,10). The van der Waals surface area contributed by atoms with E-state index in [1.165, 1.54) is 0 Å². The first-order valence-corrected chi connectivity index (χ1v) is 2.61. The topological polar surface area (TPSA) is 118 Å². The Morgan fingerprint density at radius 3 is 1.83 bits per heavy atom. The van der Waals surface area contributed by atoms with E-state index < -0.39 is 30.3 Å². The summed E-state index contributed by atoms with van der Waals surface area (Å²) < 4.78 is 3.76. The van der Waals surface area contributed by atoms with Gasteiger partial charge in [0.1, 0.15) is 0 Å². The minimum atomic E-state index is -1.88. The maximum atomic E-state index is 10.2. The van der Waals surface area contributed by atoms with Crippen LogP contribution >= 0.6 is 0 Å². The lowest BCUT2D eigenvalue weighted by molar-refractivity contribution is -0.166. The lowest BCUT2D eigenvalue weighted by Gasteiger charge is -1.96. The van der Waals surface area contributed by atoms with E-state index in [-0.39, 0.29) is 0 Å². The number of hydrogen-bond acceptors (Lipinski definition) is 5. The van der Waals surface area contributed by atoms with E-state index in [0.29, 0.717) is 0 Å². The van der Waals surface area contributed by atoms with Gasteiger partial charge in [-0.2, -0.15) is 0 Å². The summed E-state index contributed by atoms with van der Waals surface area (Å²) in [6.07, 6.45) is 0. The molecule has 0 amide bonds. The highest BCUT2D eigenvalue weighted by Crippen LogP contribution is 1.80.